The van der Waals surface area contributed by atoms with Crippen LogP contribution in [0.2, 0.25) is 0 Å². The van der Waals surface area contributed by atoms with E-state index in [1.807, 2.05) is 47.5 Å². The molecular formula is C27H41N5O6. The van der Waals surface area contributed by atoms with Crippen molar-refractivity contribution >= 4 is 24.1 Å². The van der Waals surface area contributed by atoms with E-state index in [2.05, 4.69) is 21.1 Å². The van der Waals surface area contributed by atoms with Gasteiger partial charge in [-0.1, -0.05) is 42.5 Å². The van der Waals surface area contributed by atoms with E-state index in [4.69, 9.17) is 14.2 Å². The third kappa shape index (κ3) is 13.1. The first kappa shape index (κ1) is 30.6. The van der Waals surface area contributed by atoms with E-state index in [-0.39, 0.29) is 25.5 Å². The van der Waals surface area contributed by atoms with Crippen molar-refractivity contribution in [2.24, 2.45) is 4.99 Å². The summed E-state index contributed by atoms with van der Waals surface area (Å²) in [4.78, 5) is 41.9. The Morgan fingerprint density at radius 3 is 2.18 bits per heavy atom. The van der Waals surface area contributed by atoms with Gasteiger partial charge in [0.2, 0.25) is 5.96 Å². The molecule has 1 heterocycles. The summed E-state index contributed by atoms with van der Waals surface area (Å²) in [6, 6.07) is 8.44. The van der Waals surface area contributed by atoms with Crippen LogP contribution in [0.3, 0.4) is 0 Å². The Kier molecular flexibility index (Phi) is 11.6. The average Bonchev–Trinajstić information content (AvgIpc) is 3.31. The largest absolute Gasteiger partial charge is 0.458 e. The number of amides is 2. The van der Waals surface area contributed by atoms with E-state index in [1.54, 1.807) is 41.5 Å². The number of esters is 1. The molecule has 0 radical (unpaired) electrons. The van der Waals surface area contributed by atoms with Gasteiger partial charge in [0, 0.05) is 19.6 Å². The molecule has 1 aliphatic heterocycles. The molecule has 0 spiro atoms. The monoisotopic (exact) mass is 531 g/mol. The van der Waals surface area contributed by atoms with Crippen molar-refractivity contribution in [2.45, 2.75) is 78.2 Å². The summed E-state index contributed by atoms with van der Waals surface area (Å²) in [6.07, 6.45) is 3.31. The Hall–Kier alpha value is -3.60. The first-order valence-corrected chi connectivity index (χ1v) is 12.7. The van der Waals surface area contributed by atoms with Crippen LogP contribution in [0, 0.1) is 0 Å². The van der Waals surface area contributed by atoms with Gasteiger partial charge < -0.3 is 19.5 Å². The smallest absolute Gasteiger partial charge is 0.414 e. The summed E-state index contributed by atoms with van der Waals surface area (Å²) in [5.74, 6) is -0.336. The topological polar surface area (TPSA) is 131 Å². The highest BCUT2D eigenvalue weighted by Crippen LogP contribution is 2.13. The number of carbonyl (C=O) groups excluding carboxylic acids is 3. The summed E-state index contributed by atoms with van der Waals surface area (Å²) in [5, 5.41) is 7.11. The fourth-order valence-electron chi connectivity index (χ4n) is 3.24. The predicted molar refractivity (Wildman–Crippen MR) is 144 cm³/mol. The van der Waals surface area contributed by atoms with E-state index < -0.39 is 35.4 Å². The Bertz CT molecular complexity index is 974. The van der Waals surface area contributed by atoms with Gasteiger partial charge in [-0.05, 0) is 59.9 Å². The van der Waals surface area contributed by atoms with E-state index in [0.717, 1.165) is 5.56 Å². The highest BCUT2D eigenvalue weighted by molar-refractivity contribution is 5.93. The van der Waals surface area contributed by atoms with Crippen LogP contribution in [0.25, 0.3) is 0 Å². The number of nitrogens with zero attached hydrogens (tertiary/aromatic N) is 2. The van der Waals surface area contributed by atoms with E-state index >= 15 is 0 Å². The van der Waals surface area contributed by atoms with Crippen LogP contribution in [0.15, 0.2) is 47.5 Å². The van der Waals surface area contributed by atoms with Gasteiger partial charge >= 0.3 is 18.2 Å². The fraction of sp³-hybridized carbons (Fsp3) is 0.556. The number of hydrogen-bond donors (Lipinski definition) is 3. The third-order valence-electron chi connectivity index (χ3n) is 4.82. The van der Waals surface area contributed by atoms with Gasteiger partial charge in [-0.3, -0.25) is 15.7 Å². The molecule has 0 aromatic heterocycles. The lowest BCUT2D eigenvalue weighted by Gasteiger charge is -2.26. The molecule has 0 saturated carbocycles. The number of hydrogen-bond acceptors (Lipinski definition) is 8. The van der Waals surface area contributed by atoms with Crippen molar-refractivity contribution < 1.29 is 28.6 Å². The van der Waals surface area contributed by atoms with E-state index in [0.29, 0.717) is 19.5 Å². The fourth-order valence-corrected chi connectivity index (χ4v) is 3.24. The zero-order valence-corrected chi connectivity index (χ0v) is 23.2. The Balaban J connectivity index is 1.98. The van der Waals surface area contributed by atoms with Crippen molar-refractivity contribution in [1.82, 2.24) is 21.1 Å². The van der Waals surface area contributed by atoms with Crippen molar-refractivity contribution in [3.63, 3.8) is 0 Å². The lowest BCUT2D eigenvalue weighted by molar-refractivity contribution is -0.157. The molecular weight excluding hydrogens is 490 g/mol. The Morgan fingerprint density at radius 2 is 1.58 bits per heavy atom. The standard InChI is InChI=1S/C27H41N5O6/c1-26(2,3)37-22(33)21(29-25(35)38-27(4,5)6)15-12-16-28-23(31-32-17-10-11-18-32)30-24(34)36-19-20-13-8-7-9-14-20/h7-11,13-14,21H,12,15-19H2,1-6H3,(H,29,35)(H2,28,30,31,34)/t21-/m0/s1. The molecule has 2 rings (SSSR count). The lowest BCUT2D eigenvalue weighted by Crippen LogP contribution is -2.49. The highest BCUT2D eigenvalue weighted by Gasteiger charge is 2.28. The van der Waals surface area contributed by atoms with Crippen molar-refractivity contribution in [3.05, 3.63) is 48.0 Å². The summed E-state index contributed by atoms with van der Waals surface area (Å²) in [6.45, 7) is 12.2. The Morgan fingerprint density at radius 1 is 0.947 bits per heavy atom. The molecule has 0 saturated heterocycles. The number of rotatable bonds is 9. The summed E-state index contributed by atoms with van der Waals surface area (Å²) < 4.78 is 16.1. The summed E-state index contributed by atoms with van der Waals surface area (Å²) in [5.41, 5.74) is 2.51. The van der Waals surface area contributed by atoms with Gasteiger partial charge in [0.15, 0.2) is 0 Å². The molecule has 0 aliphatic carbocycles. The second kappa shape index (κ2) is 14.4. The highest BCUT2D eigenvalue weighted by atomic mass is 16.6. The van der Waals surface area contributed by atoms with Crippen molar-refractivity contribution in [1.29, 1.82) is 0 Å². The first-order valence-electron chi connectivity index (χ1n) is 12.7. The maximum absolute atomic E-state index is 12.7. The van der Waals surface area contributed by atoms with Crippen LogP contribution in [0.4, 0.5) is 9.59 Å². The van der Waals surface area contributed by atoms with Crippen LogP contribution < -0.4 is 16.1 Å². The molecule has 2 amide bonds. The van der Waals surface area contributed by atoms with Gasteiger partial charge in [0.25, 0.3) is 0 Å². The summed E-state index contributed by atoms with van der Waals surface area (Å²) in [7, 11) is 0. The van der Waals surface area contributed by atoms with Gasteiger partial charge in [0.05, 0.1) is 0 Å². The van der Waals surface area contributed by atoms with Crippen molar-refractivity contribution in [2.75, 3.05) is 19.6 Å². The first-order chi connectivity index (χ1) is 17.8. The molecule has 1 aromatic rings. The van der Waals surface area contributed by atoms with Crippen LogP contribution >= 0.6 is 0 Å². The molecule has 0 unspecified atom stereocenters. The molecule has 0 fully saturated rings. The zero-order chi connectivity index (χ0) is 28.2. The summed E-state index contributed by atoms with van der Waals surface area (Å²) >= 11 is 0. The molecule has 38 heavy (non-hydrogen) atoms. The van der Waals surface area contributed by atoms with Gasteiger partial charge in [-0.2, -0.15) is 0 Å². The van der Waals surface area contributed by atoms with Gasteiger partial charge in [-0.15, -0.1) is 0 Å². The number of alkyl carbamates (subject to hydrolysis) is 2. The van der Waals surface area contributed by atoms with E-state index in [1.165, 1.54) is 0 Å². The number of nitrogens with one attached hydrogen (secondary N) is 3. The van der Waals surface area contributed by atoms with Crippen LogP contribution in [0.5, 0.6) is 0 Å². The second-order valence-electron chi connectivity index (χ2n) is 10.8. The predicted octanol–water partition coefficient (Wildman–Crippen LogP) is 3.66. The molecule has 11 heteroatoms. The van der Waals surface area contributed by atoms with Crippen molar-refractivity contribution in [3.8, 4) is 0 Å². The van der Waals surface area contributed by atoms with Gasteiger partial charge in [0.1, 0.15) is 23.9 Å². The number of benzene rings is 1. The number of carbonyl (C=O) groups is 3. The number of guanidine groups is 1. The number of hydrazine groups is 1. The molecule has 1 aromatic carbocycles. The lowest BCUT2D eigenvalue weighted by atomic mass is 10.1. The molecule has 210 valence electrons. The van der Waals surface area contributed by atoms with Crippen LogP contribution in [0.1, 0.15) is 59.9 Å². The minimum Gasteiger partial charge on any atom is -0.458 e. The molecule has 3 N–H and O–H groups in total. The van der Waals surface area contributed by atoms with Crippen LogP contribution in [-0.4, -0.2) is 66.0 Å². The molecule has 1 aliphatic rings. The van der Waals surface area contributed by atoms with Gasteiger partial charge in [-0.25, -0.2) is 19.4 Å². The zero-order valence-electron chi connectivity index (χ0n) is 23.2. The SMILES string of the molecule is CC(C)(C)OC(=O)N[C@@H](CCCN=C(NC(=O)OCc1ccccc1)NN1CC=CC1)C(=O)OC(C)(C)C. The molecule has 0 bridgehead atoms. The third-order valence-corrected chi connectivity index (χ3v) is 4.82. The number of ether oxygens (including phenoxy) is 3. The maximum Gasteiger partial charge on any atom is 0.414 e. The average molecular weight is 532 g/mol. The second-order valence-corrected chi connectivity index (χ2v) is 10.8. The molecule has 11 nitrogen and oxygen atoms in total. The van der Waals surface area contributed by atoms with Crippen LogP contribution in [-0.2, 0) is 25.6 Å². The maximum atomic E-state index is 12.7. The minimum absolute atomic E-state index is 0.124. The normalized spacial score (nSPS) is 14.9. The minimum atomic E-state index is -0.915. The molecule has 1 atom stereocenters. The quantitative estimate of drug-likeness (QED) is 0.110. The number of aliphatic imine (C=N–C) groups is 1. The Labute approximate surface area is 224 Å². The van der Waals surface area contributed by atoms with E-state index in [9.17, 15) is 14.4 Å².